The first-order valence-electron chi connectivity index (χ1n) is 7.73. The van der Waals surface area contributed by atoms with Gasteiger partial charge in [-0.2, -0.15) is 0 Å². The van der Waals surface area contributed by atoms with E-state index in [-0.39, 0.29) is 17.6 Å². The maximum atomic E-state index is 13.2. The van der Waals surface area contributed by atoms with Crippen molar-refractivity contribution >= 4 is 17.5 Å². The van der Waals surface area contributed by atoms with E-state index >= 15 is 0 Å². The van der Waals surface area contributed by atoms with Gasteiger partial charge in [0.2, 0.25) is 11.9 Å². The van der Waals surface area contributed by atoms with Crippen LogP contribution in [0.15, 0.2) is 36.5 Å². The molecule has 0 bridgehead atoms. The highest BCUT2D eigenvalue weighted by molar-refractivity contribution is 5.73. The first-order chi connectivity index (χ1) is 11.1. The van der Waals surface area contributed by atoms with E-state index < -0.39 is 0 Å². The van der Waals surface area contributed by atoms with Crippen LogP contribution in [-0.2, 0) is 4.79 Å². The molecule has 0 aliphatic carbocycles. The number of carbonyl (C=O) groups is 1. The fourth-order valence-electron chi connectivity index (χ4n) is 2.86. The summed E-state index contributed by atoms with van der Waals surface area (Å²) in [5.41, 5.74) is 1.51. The number of nitrogens with zero attached hydrogens (tertiary/aromatic N) is 3. The van der Waals surface area contributed by atoms with E-state index in [1.807, 2.05) is 11.0 Å². The van der Waals surface area contributed by atoms with Gasteiger partial charge in [-0.15, -0.1) is 0 Å². The Labute approximate surface area is 134 Å². The van der Waals surface area contributed by atoms with Crippen molar-refractivity contribution in [1.29, 1.82) is 0 Å². The van der Waals surface area contributed by atoms with Gasteiger partial charge in [-0.05, 0) is 37.1 Å². The molecule has 1 atom stereocenters. The Morgan fingerprint density at radius 2 is 2.26 bits per heavy atom. The number of likely N-dealkylation sites (tertiary alicyclic amines) is 1. The van der Waals surface area contributed by atoms with E-state index in [2.05, 4.69) is 15.3 Å². The lowest BCUT2D eigenvalue weighted by Gasteiger charge is -2.31. The number of carbonyl (C=O) groups excluding carboxylic acids is 1. The number of hydrogen-bond acceptors (Lipinski definition) is 4. The Hall–Kier alpha value is -2.50. The average Bonchev–Trinajstić information content (AvgIpc) is 2.55. The molecule has 5 nitrogen and oxygen atoms in total. The third-order valence-corrected chi connectivity index (χ3v) is 4.04. The fourth-order valence-corrected chi connectivity index (χ4v) is 2.86. The maximum Gasteiger partial charge on any atom is 0.227 e. The summed E-state index contributed by atoms with van der Waals surface area (Å²) in [5.74, 6) is 0.439. The van der Waals surface area contributed by atoms with Gasteiger partial charge in [-0.25, -0.2) is 14.4 Å². The monoisotopic (exact) mass is 314 g/mol. The van der Waals surface area contributed by atoms with E-state index in [9.17, 15) is 9.18 Å². The lowest BCUT2D eigenvalue weighted by molar-refractivity contribution is -0.130. The fraction of sp³-hybridized carbons (Fsp3) is 0.353. The molecule has 1 N–H and O–H groups in total. The second kappa shape index (κ2) is 6.73. The van der Waals surface area contributed by atoms with Crippen LogP contribution in [0.3, 0.4) is 0 Å². The molecule has 0 spiro atoms. The van der Waals surface area contributed by atoms with Crippen molar-refractivity contribution in [3.8, 4) is 0 Å². The minimum absolute atomic E-state index is 0.0989. The molecule has 0 saturated carbocycles. The largest absolute Gasteiger partial charge is 0.342 e. The van der Waals surface area contributed by atoms with Gasteiger partial charge < -0.3 is 10.2 Å². The molecule has 1 aliphatic rings. The van der Waals surface area contributed by atoms with Crippen molar-refractivity contribution in [3.63, 3.8) is 0 Å². The highest BCUT2D eigenvalue weighted by Crippen LogP contribution is 2.26. The minimum Gasteiger partial charge on any atom is -0.342 e. The number of hydrogen-bond donors (Lipinski definition) is 1. The summed E-state index contributed by atoms with van der Waals surface area (Å²) in [6.45, 7) is 3.09. The molecule has 3 rings (SSSR count). The van der Waals surface area contributed by atoms with Crippen molar-refractivity contribution < 1.29 is 9.18 Å². The summed E-state index contributed by atoms with van der Waals surface area (Å²) < 4.78 is 13.2. The first-order valence-corrected chi connectivity index (χ1v) is 7.73. The van der Waals surface area contributed by atoms with Gasteiger partial charge in [0.25, 0.3) is 0 Å². The van der Waals surface area contributed by atoms with Gasteiger partial charge in [-0.3, -0.25) is 4.79 Å². The van der Waals surface area contributed by atoms with E-state index in [1.54, 1.807) is 25.3 Å². The van der Waals surface area contributed by atoms with Crippen LogP contribution in [0.2, 0.25) is 0 Å². The van der Waals surface area contributed by atoms with E-state index in [0.29, 0.717) is 18.2 Å². The number of halogens is 1. The second-order valence-electron chi connectivity index (χ2n) is 5.74. The summed E-state index contributed by atoms with van der Waals surface area (Å²) in [4.78, 5) is 22.1. The highest BCUT2D eigenvalue weighted by atomic mass is 19.1. The summed E-state index contributed by atoms with van der Waals surface area (Å²) in [6, 6.07) is 8.06. The van der Waals surface area contributed by atoms with E-state index in [0.717, 1.165) is 25.1 Å². The number of rotatable bonds is 3. The van der Waals surface area contributed by atoms with Gasteiger partial charge in [0.1, 0.15) is 5.82 Å². The maximum absolute atomic E-state index is 13.2. The van der Waals surface area contributed by atoms with Gasteiger partial charge in [-0.1, -0.05) is 6.07 Å². The summed E-state index contributed by atoms with van der Waals surface area (Å²) in [6.07, 6.45) is 3.66. The number of piperidine rings is 1. The number of nitrogens with one attached hydrogen (secondary N) is 1. The molecule has 0 radical (unpaired) electrons. The number of anilines is 2. The molecular formula is C17H19FN4O. The van der Waals surface area contributed by atoms with Crippen molar-refractivity contribution in [1.82, 2.24) is 14.9 Å². The molecule has 120 valence electrons. The first kappa shape index (κ1) is 15.4. The molecular weight excluding hydrogens is 295 g/mol. The normalized spacial score (nSPS) is 17.8. The third kappa shape index (κ3) is 3.83. The Morgan fingerprint density at radius 3 is 3.04 bits per heavy atom. The van der Waals surface area contributed by atoms with E-state index in [1.165, 1.54) is 12.1 Å². The quantitative estimate of drug-likeness (QED) is 0.946. The smallest absolute Gasteiger partial charge is 0.227 e. The molecule has 1 saturated heterocycles. The van der Waals surface area contributed by atoms with Crippen molar-refractivity contribution in [3.05, 3.63) is 48.0 Å². The average molecular weight is 314 g/mol. The Morgan fingerprint density at radius 1 is 1.39 bits per heavy atom. The van der Waals surface area contributed by atoms with Gasteiger partial charge in [0.05, 0.1) is 5.69 Å². The predicted octanol–water partition coefficient (Wildman–Crippen LogP) is 3.09. The predicted molar refractivity (Wildman–Crippen MR) is 85.9 cm³/mol. The van der Waals surface area contributed by atoms with Crippen LogP contribution >= 0.6 is 0 Å². The van der Waals surface area contributed by atoms with Gasteiger partial charge in [0.15, 0.2) is 0 Å². The van der Waals surface area contributed by atoms with Gasteiger partial charge >= 0.3 is 0 Å². The number of benzene rings is 1. The van der Waals surface area contributed by atoms with Crippen LogP contribution in [0.25, 0.3) is 0 Å². The lowest BCUT2D eigenvalue weighted by atomic mass is 9.94. The Bertz CT molecular complexity index is 706. The van der Waals surface area contributed by atoms with Crippen molar-refractivity contribution in [2.24, 2.45) is 0 Å². The second-order valence-corrected chi connectivity index (χ2v) is 5.74. The zero-order chi connectivity index (χ0) is 16.2. The zero-order valence-electron chi connectivity index (χ0n) is 13.0. The molecule has 1 aromatic heterocycles. The molecule has 1 amide bonds. The molecule has 1 aromatic carbocycles. The Balaban J connectivity index is 1.75. The van der Waals surface area contributed by atoms with Crippen LogP contribution < -0.4 is 5.32 Å². The molecule has 6 heteroatoms. The number of aromatic nitrogens is 2. The third-order valence-electron chi connectivity index (χ3n) is 4.04. The molecule has 2 heterocycles. The van der Waals surface area contributed by atoms with Crippen LogP contribution in [0, 0.1) is 5.82 Å². The van der Waals surface area contributed by atoms with E-state index in [4.69, 9.17) is 0 Å². The van der Waals surface area contributed by atoms with Crippen LogP contribution in [0.4, 0.5) is 16.0 Å². The van der Waals surface area contributed by atoms with Crippen LogP contribution in [0.5, 0.6) is 0 Å². The summed E-state index contributed by atoms with van der Waals surface area (Å²) >= 11 is 0. The Kier molecular flexibility index (Phi) is 4.50. The lowest BCUT2D eigenvalue weighted by Crippen LogP contribution is -2.37. The number of amides is 1. The SMILES string of the molecule is CC(=O)N1CCC[C@@H](c2ccnc(Nc3cccc(F)c3)n2)C1. The highest BCUT2D eigenvalue weighted by Gasteiger charge is 2.24. The molecule has 0 unspecified atom stereocenters. The zero-order valence-corrected chi connectivity index (χ0v) is 13.0. The molecule has 1 fully saturated rings. The van der Waals surface area contributed by atoms with Crippen LogP contribution in [0.1, 0.15) is 31.4 Å². The molecule has 2 aromatic rings. The van der Waals surface area contributed by atoms with Crippen LogP contribution in [-0.4, -0.2) is 33.9 Å². The summed E-state index contributed by atoms with van der Waals surface area (Å²) in [5, 5.41) is 3.02. The minimum atomic E-state index is -0.310. The standard InChI is InChI=1S/C17H19FN4O/c1-12(23)22-9-3-4-13(11-22)16-7-8-19-17(21-16)20-15-6-2-5-14(18)10-15/h2,5-8,10,13H,3-4,9,11H2,1H3,(H,19,20,21)/t13-/m1/s1. The van der Waals surface area contributed by atoms with Gasteiger partial charge in [0, 0.05) is 37.8 Å². The molecule has 23 heavy (non-hydrogen) atoms. The van der Waals surface area contributed by atoms with Crippen molar-refractivity contribution in [2.45, 2.75) is 25.7 Å². The topological polar surface area (TPSA) is 58.1 Å². The summed E-state index contributed by atoms with van der Waals surface area (Å²) in [7, 11) is 0. The van der Waals surface area contributed by atoms with Crippen molar-refractivity contribution in [2.75, 3.05) is 18.4 Å². The molecule has 1 aliphatic heterocycles.